The van der Waals surface area contributed by atoms with Gasteiger partial charge in [-0.2, -0.15) is 4.31 Å². The fraction of sp³-hybridized carbons (Fsp3) is 0.652. The topological polar surface area (TPSA) is 105 Å². The normalized spacial score (nSPS) is 22.3. The number of hydrogen-bond donors (Lipinski definition) is 1. The minimum absolute atomic E-state index is 0.102. The highest BCUT2D eigenvalue weighted by atomic mass is 32.2. The van der Waals surface area contributed by atoms with Gasteiger partial charge in [0.1, 0.15) is 5.75 Å². The molecule has 1 N–H and O–H groups in total. The van der Waals surface area contributed by atoms with Gasteiger partial charge in [-0.3, -0.25) is 9.59 Å². The van der Waals surface area contributed by atoms with Crippen molar-refractivity contribution in [1.29, 1.82) is 0 Å². The quantitative estimate of drug-likeness (QED) is 0.642. The van der Waals surface area contributed by atoms with Crippen LogP contribution < -0.4 is 10.1 Å². The smallest absolute Gasteiger partial charge is 0.243 e. The molecule has 1 unspecified atom stereocenters. The van der Waals surface area contributed by atoms with Crippen LogP contribution in [0, 0.1) is 11.8 Å². The number of amides is 2. The van der Waals surface area contributed by atoms with Crippen molar-refractivity contribution in [1.82, 2.24) is 9.21 Å². The third kappa shape index (κ3) is 5.67. The van der Waals surface area contributed by atoms with Gasteiger partial charge in [-0.1, -0.05) is 0 Å². The van der Waals surface area contributed by atoms with Crippen molar-refractivity contribution in [2.24, 2.45) is 11.8 Å². The summed E-state index contributed by atoms with van der Waals surface area (Å²) in [7, 11) is -3.72. The molecule has 10 heteroatoms. The Morgan fingerprint density at radius 3 is 2.48 bits per heavy atom. The number of benzene rings is 1. The average Bonchev–Trinajstić information content (AvgIpc) is 3.65. The third-order valence-electron chi connectivity index (χ3n) is 6.21. The number of hydrogen-bond acceptors (Lipinski definition) is 6. The van der Waals surface area contributed by atoms with Crippen molar-refractivity contribution in [3.63, 3.8) is 0 Å². The molecule has 2 amide bonds. The van der Waals surface area contributed by atoms with E-state index < -0.39 is 10.0 Å². The molecule has 1 aliphatic carbocycles. The molecular weight excluding hydrogens is 446 g/mol. The van der Waals surface area contributed by atoms with Crippen LogP contribution in [0.5, 0.6) is 5.75 Å². The number of likely N-dealkylation sites (tertiary alicyclic amines) is 1. The second kappa shape index (κ2) is 9.99. The van der Waals surface area contributed by atoms with Gasteiger partial charge in [-0.15, -0.1) is 0 Å². The van der Waals surface area contributed by atoms with Crippen molar-refractivity contribution in [2.75, 3.05) is 44.7 Å². The Bertz CT molecular complexity index is 986. The summed E-state index contributed by atoms with van der Waals surface area (Å²) in [5.74, 6) is 0.126. The van der Waals surface area contributed by atoms with Crippen molar-refractivity contribution >= 4 is 27.5 Å². The molecule has 1 aromatic carbocycles. The summed E-state index contributed by atoms with van der Waals surface area (Å²) >= 11 is 0. The molecule has 2 aliphatic heterocycles. The van der Waals surface area contributed by atoms with Crippen molar-refractivity contribution in [2.45, 2.75) is 50.5 Å². The molecule has 33 heavy (non-hydrogen) atoms. The molecule has 2 saturated heterocycles. The summed E-state index contributed by atoms with van der Waals surface area (Å²) in [4.78, 5) is 27.5. The number of carbonyl (C=O) groups excluding carboxylic acids is 2. The first-order valence-electron chi connectivity index (χ1n) is 11.7. The number of morpholine rings is 1. The fourth-order valence-corrected chi connectivity index (χ4v) is 5.71. The molecular formula is C23H33N3O6S. The maximum absolute atomic E-state index is 13.1. The van der Waals surface area contributed by atoms with Crippen LogP contribution in [-0.2, 0) is 24.3 Å². The molecule has 9 nitrogen and oxygen atoms in total. The van der Waals surface area contributed by atoms with Gasteiger partial charge < -0.3 is 19.7 Å². The third-order valence-corrected chi connectivity index (χ3v) is 8.10. The summed E-state index contributed by atoms with van der Waals surface area (Å²) in [5, 5.41) is 2.90. The van der Waals surface area contributed by atoms with Gasteiger partial charge in [-0.25, -0.2) is 8.42 Å². The summed E-state index contributed by atoms with van der Waals surface area (Å²) in [6.07, 6.45) is 3.19. The zero-order valence-corrected chi connectivity index (χ0v) is 20.1. The molecule has 1 aromatic rings. The molecule has 0 aromatic heterocycles. The first-order chi connectivity index (χ1) is 15.8. The maximum Gasteiger partial charge on any atom is 0.243 e. The van der Waals surface area contributed by atoms with Crippen LogP contribution in [-0.4, -0.2) is 74.9 Å². The summed E-state index contributed by atoms with van der Waals surface area (Å²) in [6, 6.07) is 4.57. The Morgan fingerprint density at radius 1 is 1.09 bits per heavy atom. The lowest BCUT2D eigenvalue weighted by Crippen LogP contribution is -2.44. The summed E-state index contributed by atoms with van der Waals surface area (Å²) < 4.78 is 38.7. The lowest BCUT2D eigenvalue weighted by atomic mass is 9.96. The van der Waals surface area contributed by atoms with E-state index in [9.17, 15) is 18.0 Å². The number of nitrogens with one attached hydrogen (secondary N) is 1. The van der Waals surface area contributed by atoms with E-state index in [0.717, 1.165) is 19.3 Å². The van der Waals surface area contributed by atoms with Gasteiger partial charge >= 0.3 is 0 Å². The van der Waals surface area contributed by atoms with Gasteiger partial charge in [0.15, 0.2) is 0 Å². The van der Waals surface area contributed by atoms with Gasteiger partial charge in [0.05, 0.1) is 35.8 Å². The molecule has 1 saturated carbocycles. The van der Waals surface area contributed by atoms with E-state index in [4.69, 9.17) is 9.47 Å². The van der Waals surface area contributed by atoms with Gasteiger partial charge in [0.25, 0.3) is 0 Å². The first kappa shape index (κ1) is 24.0. The molecule has 0 radical (unpaired) electrons. The molecule has 4 rings (SSSR count). The highest BCUT2D eigenvalue weighted by molar-refractivity contribution is 7.89. The highest BCUT2D eigenvalue weighted by Crippen LogP contribution is 2.34. The first-order valence-corrected chi connectivity index (χ1v) is 13.2. The van der Waals surface area contributed by atoms with Crippen molar-refractivity contribution in [3.8, 4) is 5.75 Å². The molecule has 182 valence electrons. The minimum Gasteiger partial charge on any atom is -0.489 e. The Hall–Kier alpha value is -2.17. The predicted molar refractivity (Wildman–Crippen MR) is 122 cm³/mol. The molecule has 3 fully saturated rings. The van der Waals surface area contributed by atoms with E-state index in [1.165, 1.54) is 16.4 Å². The van der Waals surface area contributed by atoms with Gasteiger partial charge in [0, 0.05) is 32.1 Å². The van der Waals surface area contributed by atoms with Crippen LogP contribution >= 0.6 is 0 Å². The van der Waals surface area contributed by atoms with E-state index in [1.807, 2.05) is 13.8 Å². The average molecular weight is 480 g/mol. The second-order valence-electron chi connectivity index (χ2n) is 9.23. The summed E-state index contributed by atoms with van der Waals surface area (Å²) in [5.41, 5.74) is 0.327. The Kier molecular flexibility index (Phi) is 7.25. The molecule has 3 aliphatic rings. The zero-order chi connectivity index (χ0) is 23.6. The fourth-order valence-electron chi connectivity index (χ4n) is 4.27. The minimum atomic E-state index is -3.72. The monoisotopic (exact) mass is 479 g/mol. The molecule has 0 spiro atoms. The zero-order valence-electron chi connectivity index (χ0n) is 19.3. The highest BCUT2D eigenvalue weighted by Gasteiger charge is 2.37. The molecule has 0 bridgehead atoms. The van der Waals surface area contributed by atoms with Crippen LogP contribution in [0.1, 0.15) is 39.5 Å². The number of rotatable bonds is 7. The number of piperidine rings is 1. The number of anilines is 1. The molecule has 2 heterocycles. The Morgan fingerprint density at radius 2 is 1.82 bits per heavy atom. The van der Waals surface area contributed by atoms with Gasteiger partial charge in [-0.05, 0) is 57.7 Å². The number of ether oxygens (including phenoxy) is 2. The van der Waals surface area contributed by atoms with Crippen LogP contribution in [0.3, 0.4) is 0 Å². The second-order valence-corrected chi connectivity index (χ2v) is 11.2. The van der Waals surface area contributed by atoms with E-state index in [1.54, 1.807) is 11.0 Å². The standard InChI is InChI=1S/C23H33N3O6S/c1-16(2)32-21-8-7-19(33(29,30)26-10-12-31-13-11-26)14-20(21)24-22(27)18-4-3-9-25(15-18)23(28)17-5-6-17/h7-8,14,16-18H,3-6,9-13,15H2,1-2H3,(H,24,27). The van der Waals surface area contributed by atoms with E-state index in [0.29, 0.717) is 57.3 Å². The number of nitrogens with zero attached hydrogens (tertiary/aromatic N) is 2. The number of carbonyl (C=O) groups is 2. The molecule has 1 atom stereocenters. The lowest BCUT2D eigenvalue weighted by molar-refractivity contribution is -0.135. The van der Waals surface area contributed by atoms with Crippen LogP contribution in [0.4, 0.5) is 5.69 Å². The predicted octanol–water partition coefficient (Wildman–Crippen LogP) is 2.08. The van der Waals surface area contributed by atoms with Crippen molar-refractivity contribution in [3.05, 3.63) is 18.2 Å². The van der Waals surface area contributed by atoms with Crippen LogP contribution in [0.25, 0.3) is 0 Å². The maximum atomic E-state index is 13.1. The van der Waals surface area contributed by atoms with E-state index >= 15 is 0 Å². The van der Waals surface area contributed by atoms with E-state index in [-0.39, 0.29) is 34.6 Å². The van der Waals surface area contributed by atoms with Crippen LogP contribution in [0.15, 0.2) is 23.1 Å². The summed E-state index contributed by atoms with van der Waals surface area (Å²) in [6.45, 7) is 6.12. The van der Waals surface area contributed by atoms with Crippen LogP contribution in [0.2, 0.25) is 0 Å². The van der Waals surface area contributed by atoms with Gasteiger partial charge in [0.2, 0.25) is 21.8 Å². The SMILES string of the molecule is CC(C)Oc1ccc(S(=O)(=O)N2CCOCC2)cc1NC(=O)C1CCCN(C(=O)C2CC2)C1. The number of sulfonamides is 1. The largest absolute Gasteiger partial charge is 0.489 e. The Balaban J connectivity index is 1.53. The Labute approximate surface area is 195 Å². The van der Waals surface area contributed by atoms with E-state index in [2.05, 4.69) is 5.32 Å². The van der Waals surface area contributed by atoms with Crippen molar-refractivity contribution < 1.29 is 27.5 Å². The lowest BCUT2D eigenvalue weighted by Gasteiger charge is -2.32.